The minimum atomic E-state index is -0.555. The Morgan fingerprint density at radius 1 is 1.07 bits per heavy atom. The number of methoxy groups -OCH3 is 1. The van der Waals surface area contributed by atoms with E-state index in [0.717, 1.165) is 18.6 Å². The average Bonchev–Trinajstić information content (AvgIpc) is 2.73. The zero-order valence-electron chi connectivity index (χ0n) is 15.9. The van der Waals surface area contributed by atoms with Crippen LogP contribution in [-0.4, -0.2) is 38.9 Å². The molecule has 1 aliphatic rings. The molecule has 0 aromatic heterocycles. The van der Waals surface area contributed by atoms with Gasteiger partial charge in [-0.15, -0.1) is 0 Å². The molecule has 1 N–H and O–H groups in total. The van der Waals surface area contributed by atoms with E-state index in [2.05, 4.69) is 17.4 Å². The fourth-order valence-electron chi connectivity index (χ4n) is 3.43. The van der Waals surface area contributed by atoms with Crippen LogP contribution in [0.1, 0.15) is 25.3 Å². The van der Waals surface area contributed by atoms with Crippen LogP contribution in [0.5, 0.6) is 11.5 Å². The first kappa shape index (κ1) is 19.2. The molecule has 1 unspecified atom stereocenters. The van der Waals surface area contributed by atoms with Crippen molar-refractivity contribution in [3.8, 4) is 11.5 Å². The molecule has 0 aliphatic carbocycles. The van der Waals surface area contributed by atoms with Gasteiger partial charge in [-0.05, 0) is 49.6 Å². The van der Waals surface area contributed by atoms with Gasteiger partial charge in [0.25, 0.3) is 5.91 Å². The third-order valence-electron chi connectivity index (χ3n) is 5.18. The summed E-state index contributed by atoms with van der Waals surface area (Å²) in [6.45, 7) is 3.71. The Kier molecular flexibility index (Phi) is 6.35. The van der Waals surface area contributed by atoms with Gasteiger partial charge in [0, 0.05) is 25.2 Å². The minimum Gasteiger partial charge on any atom is -0.497 e. The largest absolute Gasteiger partial charge is 0.497 e. The van der Waals surface area contributed by atoms with Crippen molar-refractivity contribution in [2.45, 2.75) is 31.3 Å². The molecule has 5 nitrogen and oxygen atoms in total. The molecule has 1 fully saturated rings. The topological polar surface area (TPSA) is 56.8 Å². The smallest absolute Gasteiger partial charge is 0.260 e. The van der Waals surface area contributed by atoms with Crippen LogP contribution in [-0.2, 0) is 14.9 Å². The highest BCUT2D eigenvalue weighted by Gasteiger charge is 2.35. The fourth-order valence-corrected chi connectivity index (χ4v) is 3.43. The van der Waals surface area contributed by atoms with Crippen molar-refractivity contribution >= 4 is 5.91 Å². The van der Waals surface area contributed by atoms with Gasteiger partial charge in [0.1, 0.15) is 11.5 Å². The van der Waals surface area contributed by atoms with Crippen molar-refractivity contribution in [1.29, 1.82) is 0 Å². The molecule has 1 saturated heterocycles. The van der Waals surface area contributed by atoms with Gasteiger partial charge in [-0.3, -0.25) is 4.79 Å². The van der Waals surface area contributed by atoms with Crippen LogP contribution in [0, 0.1) is 0 Å². The minimum absolute atomic E-state index is 0.113. The van der Waals surface area contributed by atoms with Crippen molar-refractivity contribution in [2.24, 2.45) is 0 Å². The highest BCUT2D eigenvalue weighted by atomic mass is 16.5. The Bertz CT molecular complexity index is 724. The molecule has 2 aromatic rings. The molecule has 1 aliphatic heterocycles. The summed E-state index contributed by atoms with van der Waals surface area (Å²) >= 11 is 0. The lowest BCUT2D eigenvalue weighted by Gasteiger charge is -2.38. The lowest BCUT2D eigenvalue weighted by molar-refractivity contribution is -0.127. The van der Waals surface area contributed by atoms with Crippen molar-refractivity contribution in [2.75, 3.05) is 26.9 Å². The van der Waals surface area contributed by atoms with Gasteiger partial charge in [-0.2, -0.15) is 0 Å². The molecule has 2 aromatic carbocycles. The number of ether oxygens (including phenoxy) is 3. The summed E-state index contributed by atoms with van der Waals surface area (Å²) in [5, 5.41) is 3.09. The molecule has 0 radical (unpaired) electrons. The second-order valence-electron chi connectivity index (χ2n) is 6.91. The summed E-state index contributed by atoms with van der Waals surface area (Å²) < 4.78 is 16.6. The van der Waals surface area contributed by atoms with Gasteiger partial charge in [-0.25, -0.2) is 0 Å². The van der Waals surface area contributed by atoms with Gasteiger partial charge < -0.3 is 19.5 Å². The molecule has 144 valence electrons. The number of nitrogens with one attached hydrogen (secondary N) is 1. The fraction of sp³-hybridized carbons (Fsp3) is 0.409. The van der Waals surface area contributed by atoms with Crippen molar-refractivity contribution in [3.05, 3.63) is 60.2 Å². The molecule has 0 saturated carbocycles. The first-order chi connectivity index (χ1) is 13.1. The molecule has 1 amide bonds. The number of para-hydroxylation sites is 1. The average molecular weight is 369 g/mol. The lowest BCUT2D eigenvalue weighted by Crippen LogP contribution is -2.47. The first-order valence-electron chi connectivity index (χ1n) is 9.35. The molecule has 0 spiro atoms. The number of carbonyl (C=O) groups is 1. The Balaban J connectivity index is 1.66. The summed E-state index contributed by atoms with van der Waals surface area (Å²) in [5.74, 6) is 1.41. The van der Waals surface area contributed by atoms with E-state index in [1.54, 1.807) is 14.0 Å². The zero-order valence-corrected chi connectivity index (χ0v) is 15.9. The molecule has 0 bridgehead atoms. The highest BCUT2D eigenvalue weighted by molar-refractivity contribution is 5.80. The number of benzene rings is 2. The van der Waals surface area contributed by atoms with Gasteiger partial charge in [0.15, 0.2) is 6.10 Å². The normalized spacial score (nSPS) is 17.0. The summed E-state index contributed by atoms with van der Waals surface area (Å²) in [4.78, 5) is 12.6. The van der Waals surface area contributed by atoms with E-state index >= 15 is 0 Å². The summed E-state index contributed by atoms with van der Waals surface area (Å²) in [5.41, 5.74) is 1.07. The van der Waals surface area contributed by atoms with E-state index in [1.807, 2.05) is 42.5 Å². The standard InChI is InChI=1S/C22H27NO4/c1-17(27-20-6-4-3-5-7-20)21(24)23-16-22(12-14-26-15-13-22)18-8-10-19(25-2)11-9-18/h3-11,17H,12-16H2,1-2H3,(H,23,24). The predicted octanol–water partition coefficient (Wildman–Crippen LogP) is 3.33. The molecule has 1 atom stereocenters. The van der Waals surface area contributed by atoms with Crippen molar-refractivity contribution in [1.82, 2.24) is 5.32 Å². The van der Waals surface area contributed by atoms with Crippen LogP contribution >= 0.6 is 0 Å². The quantitative estimate of drug-likeness (QED) is 0.813. The zero-order chi connectivity index (χ0) is 19.1. The van der Waals surface area contributed by atoms with Crippen molar-refractivity contribution in [3.63, 3.8) is 0 Å². The van der Waals surface area contributed by atoms with Gasteiger partial charge in [0.2, 0.25) is 0 Å². The number of amides is 1. The van der Waals surface area contributed by atoms with E-state index in [9.17, 15) is 4.79 Å². The van der Waals surface area contributed by atoms with E-state index < -0.39 is 6.10 Å². The molecule has 3 rings (SSSR count). The molecule has 5 heteroatoms. The Hall–Kier alpha value is -2.53. The van der Waals surface area contributed by atoms with Crippen LogP contribution in [0.25, 0.3) is 0 Å². The van der Waals surface area contributed by atoms with Crippen LogP contribution in [0.3, 0.4) is 0 Å². The Labute approximate surface area is 160 Å². The Morgan fingerprint density at radius 2 is 1.74 bits per heavy atom. The molecular weight excluding hydrogens is 342 g/mol. The summed E-state index contributed by atoms with van der Waals surface area (Å²) in [6, 6.07) is 17.5. The van der Waals surface area contributed by atoms with Gasteiger partial charge in [-0.1, -0.05) is 30.3 Å². The predicted molar refractivity (Wildman–Crippen MR) is 104 cm³/mol. The maximum Gasteiger partial charge on any atom is 0.260 e. The van der Waals surface area contributed by atoms with E-state index in [0.29, 0.717) is 25.5 Å². The number of rotatable bonds is 7. The lowest BCUT2D eigenvalue weighted by atomic mass is 9.74. The van der Waals surface area contributed by atoms with Crippen LogP contribution < -0.4 is 14.8 Å². The highest BCUT2D eigenvalue weighted by Crippen LogP contribution is 2.35. The summed E-state index contributed by atoms with van der Waals surface area (Å²) in [7, 11) is 1.66. The maximum atomic E-state index is 12.6. The number of hydrogen-bond donors (Lipinski definition) is 1. The SMILES string of the molecule is COc1ccc(C2(CNC(=O)C(C)Oc3ccccc3)CCOCC2)cc1. The maximum absolute atomic E-state index is 12.6. The molecule has 27 heavy (non-hydrogen) atoms. The van der Waals surface area contributed by atoms with Crippen molar-refractivity contribution < 1.29 is 19.0 Å². The number of hydrogen-bond acceptors (Lipinski definition) is 4. The van der Waals surface area contributed by atoms with E-state index in [1.165, 1.54) is 5.56 Å². The monoisotopic (exact) mass is 369 g/mol. The van der Waals surface area contributed by atoms with E-state index in [4.69, 9.17) is 14.2 Å². The third kappa shape index (κ3) is 4.80. The Morgan fingerprint density at radius 3 is 2.37 bits per heavy atom. The third-order valence-corrected chi connectivity index (χ3v) is 5.18. The van der Waals surface area contributed by atoms with Gasteiger partial charge >= 0.3 is 0 Å². The molecule has 1 heterocycles. The first-order valence-corrected chi connectivity index (χ1v) is 9.35. The van der Waals surface area contributed by atoms with Gasteiger partial charge in [0.05, 0.1) is 7.11 Å². The second-order valence-corrected chi connectivity index (χ2v) is 6.91. The van der Waals surface area contributed by atoms with Crippen LogP contribution in [0.2, 0.25) is 0 Å². The number of carbonyl (C=O) groups excluding carboxylic acids is 1. The second kappa shape index (κ2) is 8.91. The van der Waals surface area contributed by atoms with Crippen LogP contribution in [0.4, 0.5) is 0 Å². The summed E-state index contributed by atoms with van der Waals surface area (Å²) in [6.07, 6.45) is 1.18. The molecular formula is C22H27NO4. The van der Waals surface area contributed by atoms with Crippen LogP contribution in [0.15, 0.2) is 54.6 Å². The van der Waals surface area contributed by atoms with E-state index in [-0.39, 0.29) is 11.3 Å².